The Labute approximate surface area is 181 Å². The van der Waals surface area contributed by atoms with Crippen molar-refractivity contribution in [1.82, 2.24) is 14.5 Å². The maximum absolute atomic E-state index is 12.6. The minimum Gasteiger partial charge on any atom is -0.406 e. The quantitative estimate of drug-likeness (QED) is 0.420. The van der Waals surface area contributed by atoms with E-state index >= 15 is 0 Å². The first kappa shape index (κ1) is 21.0. The van der Waals surface area contributed by atoms with E-state index in [-0.39, 0.29) is 34.2 Å². The molecule has 0 radical (unpaired) electrons. The van der Waals surface area contributed by atoms with Gasteiger partial charge in [-0.15, -0.1) is 13.2 Å². The van der Waals surface area contributed by atoms with Gasteiger partial charge in [-0.3, -0.25) is 14.2 Å². The van der Waals surface area contributed by atoms with Crippen LogP contribution in [0.4, 0.5) is 18.3 Å². The molecule has 160 valence electrons. The first-order valence-corrected chi connectivity index (χ1v) is 10.1. The third-order valence-electron chi connectivity index (χ3n) is 4.29. The highest BCUT2D eigenvalue weighted by Crippen LogP contribution is 2.31. The second kappa shape index (κ2) is 8.12. The molecule has 2 N–H and O–H groups in total. The van der Waals surface area contributed by atoms with Crippen LogP contribution in [0.1, 0.15) is 6.42 Å². The smallest absolute Gasteiger partial charge is 0.406 e. The molecule has 0 spiro atoms. The van der Waals surface area contributed by atoms with Crippen molar-refractivity contribution >= 4 is 55.7 Å². The molecule has 31 heavy (non-hydrogen) atoms. The number of hydrogen-bond donors (Lipinski definition) is 2. The number of nitrogens with zero attached hydrogens (tertiary/aromatic N) is 2. The summed E-state index contributed by atoms with van der Waals surface area (Å²) in [6.07, 6.45) is -4.84. The Morgan fingerprint density at radius 3 is 2.81 bits per heavy atom. The van der Waals surface area contributed by atoms with Crippen LogP contribution < -0.4 is 15.6 Å². The highest BCUT2D eigenvalue weighted by Gasteiger charge is 2.31. The number of benzene rings is 2. The van der Waals surface area contributed by atoms with Crippen LogP contribution in [0, 0.1) is 4.77 Å². The van der Waals surface area contributed by atoms with Gasteiger partial charge in [-0.05, 0) is 36.5 Å². The fraction of sp³-hybridized carbons (Fsp3) is 0.158. The number of ether oxygens (including phenoxy) is 1. The van der Waals surface area contributed by atoms with Gasteiger partial charge in [0.1, 0.15) is 5.75 Å². The van der Waals surface area contributed by atoms with E-state index in [4.69, 9.17) is 12.2 Å². The molecule has 0 bridgehead atoms. The Balaban J connectivity index is 1.47. The number of fused-ring (bicyclic) bond motifs is 2. The molecular weight excluding hydrogens is 453 g/mol. The third kappa shape index (κ3) is 4.75. The first-order valence-electron chi connectivity index (χ1n) is 8.88. The van der Waals surface area contributed by atoms with E-state index in [1.165, 1.54) is 16.7 Å². The second-order valence-corrected chi connectivity index (χ2v) is 7.84. The largest absolute Gasteiger partial charge is 0.573 e. The van der Waals surface area contributed by atoms with Crippen LogP contribution in [-0.2, 0) is 11.3 Å². The fourth-order valence-electron chi connectivity index (χ4n) is 2.95. The van der Waals surface area contributed by atoms with E-state index in [1.54, 1.807) is 24.3 Å². The van der Waals surface area contributed by atoms with Crippen LogP contribution >= 0.6 is 23.6 Å². The van der Waals surface area contributed by atoms with E-state index in [0.717, 1.165) is 17.4 Å². The van der Waals surface area contributed by atoms with Crippen molar-refractivity contribution in [2.45, 2.75) is 19.3 Å². The third-order valence-corrected chi connectivity index (χ3v) is 5.55. The predicted molar refractivity (Wildman–Crippen MR) is 113 cm³/mol. The zero-order valence-electron chi connectivity index (χ0n) is 15.5. The molecule has 0 fully saturated rings. The lowest BCUT2D eigenvalue weighted by Gasteiger charge is -2.07. The summed E-state index contributed by atoms with van der Waals surface area (Å²) in [4.78, 5) is 32.1. The van der Waals surface area contributed by atoms with Gasteiger partial charge >= 0.3 is 6.36 Å². The Kier molecular flexibility index (Phi) is 5.50. The molecule has 4 aromatic rings. The average Bonchev–Trinajstić information content (AvgIpc) is 3.08. The number of carbonyl (C=O) groups is 1. The number of anilines is 1. The summed E-state index contributed by atoms with van der Waals surface area (Å²) in [5.41, 5.74) is 0.730. The number of hydrogen-bond acceptors (Lipinski definition) is 6. The van der Waals surface area contributed by atoms with Gasteiger partial charge in [-0.1, -0.05) is 23.5 Å². The number of halogens is 3. The summed E-state index contributed by atoms with van der Waals surface area (Å²) in [6.45, 7) is 0.0549. The second-order valence-electron chi connectivity index (χ2n) is 6.43. The standard InChI is InChI=1S/C19H13F3N4O3S2/c20-19(21,22)29-10-5-6-13-14(9-10)31-17(23-13)25-15(27)7-8-26-16(28)11-3-1-2-4-12(11)24-18(26)30/h1-6,9H,7-8H2,(H,24,30)(H,23,25,27). The minimum atomic E-state index is -4.79. The van der Waals surface area contributed by atoms with Gasteiger partial charge in [0.05, 0.1) is 21.1 Å². The van der Waals surface area contributed by atoms with Gasteiger partial charge in [-0.25, -0.2) is 4.98 Å². The zero-order chi connectivity index (χ0) is 22.2. The number of amides is 1. The van der Waals surface area contributed by atoms with Crippen LogP contribution in [0.15, 0.2) is 47.3 Å². The van der Waals surface area contributed by atoms with Crippen molar-refractivity contribution in [3.8, 4) is 5.75 Å². The van der Waals surface area contributed by atoms with Gasteiger partial charge < -0.3 is 15.0 Å². The van der Waals surface area contributed by atoms with Gasteiger partial charge in [-0.2, -0.15) is 0 Å². The number of alkyl halides is 3. The molecule has 2 aromatic carbocycles. The van der Waals surface area contributed by atoms with Crippen LogP contribution in [-0.4, -0.2) is 26.8 Å². The SMILES string of the molecule is O=C(CCn1c(=S)[nH]c2ccccc2c1=O)Nc1nc2ccc(OC(F)(F)F)cc2s1. The number of rotatable bonds is 5. The molecule has 12 heteroatoms. The predicted octanol–water partition coefficient (Wildman–Crippen LogP) is 4.60. The Bertz CT molecular complexity index is 1410. The van der Waals surface area contributed by atoms with Gasteiger partial charge in [0.25, 0.3) is 5.56 Å². The lowest BCUT2D eigenvalue weighted by Crippen LogP contribution is -2.25. The van der Waals surface area contributed by atoms with Crippen molar-refractivity contribution in [3.63, 3.8) is 0 Å². The van der Waals surface area contributed by atoms with E-state index in [1.807, 2.05) is 0 Å². The van der Waals surface area contributed by atoms with Gasteiger partial charge in [0, 0.05) is 19.0 Å². The number of H-pyrrole nitrogens is 1. The highest BCUT2D eigenvalue weighted by molar-refractivity contribution is 7.71. The highest BCUT2D eigenvalue weighted by atomic mass is 32.1. The molecule has 7 nitrogen and oxygen atoms in total. The molecule has 0 aliphatic heterocycles. The van der Waals surface area contributed by atoms with Gasteiger partial charge in [0.15, 0.2) is 9.90 Å². The fourth-order valence-corrected chi connectivity index (χ4v) is 4.15. The van der Waals surface area contributed by atoms with E-state index in [0.29, 0.717) is 21.1 Å². The minimum absolute atomic E-state index is 0.0475. The summed E-state index contributed by atoms with van der Waals surface area (Å²) in [5.74, 6) is -0.785. The summed E-state index contributed by atoms with van der Waals surface area (Å²) in [5, 5.41) is 3.27. The van der Waals surface area contributed by atoms with Crippen molar-refractivity contribution < 1.29 is 22.7 Å². The number of aromatic nitrogens is 3. The van der Waals surface area contributed by atoms with Crippen molar-refractivity contribution in [2.75, 3.05) is 5.32 Å². The van der Waals surface area contributed by atoms with E-state index < -0.39 is 12.3 Å². The number of carbonyl (C=O) groups excluding carboxylic acids is 1. The first-order chi connectivity index (χ1) is 14.7. The van der Waals surface area contributed by atoms with Crippen molar-refractivity contribution in [1.29, 1.82) is 0 Å². The molecule has 0 atom stereocenters. The molecule has 0 aliphatic rings. The topological polar surface area (TPSA) is 89.0 Å². The molecule has 2 heterocycles. The Morgan fingerprint density at radius 2 is 2.03 bits per heavy atom. The summed E-state index contributed by atoms with van der Waals surface area (Å²) in [6, 6.07) is 10.6. The average molecular weight is 466 g/mol. The van der Waals surface area contributed by atoms with E-state index in [9.17, 15) is 22.8 Å². The van der Waals surface area contributed by atoms with Crippen LogP contribution in [0.25, 0.3) is 21.1 Å². The van der Waals surface area contributed by atoms with Crippen LogP contribution in [0.3, 0.4) is 0 Å². The summed E-state index contributed by atoms with van der Waals surface area (Å²) in [7, 11) is 0. The van der Waals surface area contributed by atoms with E-state index in [2.05, 4.69) is 20.0 Å². The van der Waals surface area contributed by atoms with Gasteiger partial charge in [0.2, 0.25) is 5.91 Å². The molecule has 0 aliphatic carbocycles. The molecule has 2 aromatic heterocycles. The number of nitrogens with one attached hydrogen (secondary N) is 2. The number of para-hydroxylation sites is 1. The number of thiazole rings is 1. The monoisotopic (exact) mass is 466 g/mol. The maximum Gasteiger partial charge on any atom is 0.573 e. The summed E-state index contributed by atoms with van der Waals surface area (Å²) >= 11 is 6.23. The van der Waals surface area contributed by atoms with Crippen molar-refractivity contribution in [3.05, 3.63) is 57.6 Å². The Morgan fingerprint density at radius 1 is 1.26 bits per heavy atom. The summed E-state index contributed by atoms with van der Waals surface area (Å²) < 4.78 is 42.9. The lowest BCUT2D eigenvalue weighted by atomic mass is 10.2. The number of aromatic amines is 1. The molecule has 0 unspecified atom stereocenters. The van der Waals surface area contributed by atoms with Crippen LogP contribution in [0.5, 0.6) is 5.75 Å². The molecular formula is C19H13F3N4O3S2. The maximum atomic E-state index is 12.6. The molecule has 1 amide bonds. The molecule has 4 rings (SSSR count). The van der Waals surface area contributed by atoms with Crippen LogP contribution in [0.2, 0.25) is 0 Å². The normalized spacial score (nSPS) is 11.7. The lowest BCUT2D eigenvalue weighted by molar-refractivity contribution is -0.274. The molecule has 0 saturated carbocycles. The van der Waals surface area contributed by atoms with Crippen molar-refractivity contribution in [2.24, 2.45) is 0 Å². The zero-order valence-corrected chi connectivity index (χ0v) is 17.2. The molecule has 0 saturated heterocycles. The Hall–Kier alpha value is -3.25.